The molecule has 1 aliphatic heterocycles. The van der Waals surface area contributed by atoms with E-state index in [9.17, 15) is 24.6 Å². The Morgan fingerprint density at radius 3 is 2.19 bits per heavy atom. The first-order valence-electron chi connectivity index (χ1n) is 16.2. The number of rotatable bonds is 6. The van der Waals surface area contributed by atoms with Gasteiger partial charge in [0.15, 0.2) is 0 Å². The molecule has 5 fully saturated rings. The highest BCUT2D eigenvalue weighted by Crippen LogP contribution is 2.69. The first kappa shape index (κ1) is 31.7. The summed E-state index contributed by atoms with van der Waals surface area (Å²) < 4.78 is 12.3. The van der Waals surface area contributed by atoms with E-state index in [1.54, 1.807) is 4.90 Å². The Kier molecular flexibility index (Phi) is 8.32. The Labute approximate surface area is 251 Å². The molecule has 2 N–H and O–H groups in total. The third-order valence-corrected chi connectivity index (χ3v) is 13.0. The molecule has 5 rings (SSSR count). The van der Waals surface area contributed by atoms with Crippen LogP contribution in [0, 0.1) is 52.3 Å². The molecule has 0 bridgehead atoms. The number of hydrogen-bond donors (Lipinski definition) is 2. The molecule has 238 valence electrons. The van der Waals surface area contributed by atoms with E-state index >= 15 is 0 Å². The van der Waals surface area contributed by atoms with Crippen molar-refractivity contribution in [1.82, 2.24) is 9.80 Å². The predicted octanol–water partition coefficient (Wildman–Crippen LogP) is 3.10. The molecule has 42 heavy (non-hydrogen) atoms. The monoisotopic (exact) mass is 590 g/mol. The lowest BCUT2D eigenvalue weighted by atomic mass is 9.42. The second-order valence-electron chi connectivity index (χ2n) is 15.5. The maximum Gasteiger partial charge on any atom is 0.302 e. The molecule has 0 aromatic carbocycles. The first-order chi connectivity index (χ1) is 19.5. The summed E-state index contributed by atoms with van der Waals surface area (Å²) >= 11 is 0. The minimum Gasteiger partial charge on any atom is -0.462 e. The summed E-state index contributed by atoms with van der Waals surface area (Å²) in [6, 6.07) is -0.266. The van der Waals surface area contributed by atoms with Crippen LogP contribution in [0.3, 0.4) is 0 Å². The Morgan fingerprint density at radius 1 is 1.00 bits per heavy atom. The summed E-state index contributed by atoms with van der Waals surface area (Å²) in [6.45, 7) is 14.1. The van der Waals surface area contributed by atoms with Gasteiger partial charge >= 0.3 is 11.9 Å². The highest BCUT2D eigenvalue weighted by atomic mass is 16.6. The zero-order valence-electron chi connectivity index (χ0n) is 27.1. The molecular formula is C33H54N2O7. The normalized spacial score (nSPS) is 47.3. The molecule has 0 unspecified atom stereocenters. The van der Waals surface area contributed by atoms with Crippen LogP contribution in [0.5, 0.6) is 0 Å². The van der Waals surface area contributed by atoms with Crippen molar-refractivity contribution in [3.05, 3.63) is 0 Å². The van der Waals surface area contributed by atoms with E-state index in [-0.39, 0.29) is 70.7 Å². The van der Waals surface area contributed by atoms with Gasteiger partial charge in [-0.2, -0.15) is 0 Å². The average molecular weight is 591 g/mol. The average Bonchev–Trinajstić information content (AvgIpc) is 3.13. The van der Waals surface area contributed by atoms with E-state index in [1.807, 2.05) is 27.9 Å². The van der Waals surface area contributed by atoms with Gasteiger partial charge in [0.25, 0.3) is 0 Å². The Morgan fingerprint density at radius 2 is 1.64 bits per heavy atom. The number of ether oxygens (including phenoxy) is 2. The molecule has 4 saturated carbocycles. The van der Waals surface area contributed by atoms with Gasteiger partial charge in [-0.15, -0.1) is 0 Å². The molecule has 0 spiro atoms. The number of fused-ring (bicyclic) bond motifs is 5. The molecule has 4 aliphatic carbocycles. The summed E-state index contributed by atoms with van der Waals surface area (Å²) in [4.78, 5) is 42.3. The molecule has 0 aromatic heterocycles. The molecular weight excluding hydrogens is 536 g/mol. The quantitative estimate of drug-likeness (QED) is 0.358. The van der Waals surface area contributed by atoms with Gasteiger partial charge in [0.05, 0.1) is 24.2 Å². The van der Waals surface area contributed by atoms with Crippen molar-refractivity contribution in [3.8, 4) is 0 Å². The number of esters is 2. The molecule has 1 heterocycles. The standard InChI is InChI=1S/C33H54N2O7/c1-16(2)21-15-35(31(21)40)24-13-27(42-19(5)37)33(7)22(30(24)39)11-10-20-23-12-25(38)28(17(3)34(8)9)32(23,6)14-26(29(20)33)41-18(4)36/h16-17,20-30,38-39H,10-15H2,1-9H3/t17-,20-,21+,22-,23-,24-,25-,26+,27+,28-,29+,30+,32-,33+/m0/s1. The number of carbonyl (C=O) groups is 3. The third-order valence-electron chi connectivity index (χ3n) is 13.0. The van der Waals surface area contributed by atoms with E-state index in [4.69, 9.17) is 9.47 Å². The van der Waals surface area contributed by atoms with E-state index in [2.05, 4.69) is 25.7 Å². The minimum atomic E-state index is -0.762. The lowest BCUT2D eigenvalue weighted by Gasteiger charge is -2.66. The van der Waals surface area contributed by atoms with Gasteiger partial charge < -0.3 is 29.5 Å². The van der Waals surface area contributed by atoms with Crippen LogP contribution in [0.15, 0.2) is 0 Å². The van der Waals surface area contributed by atoms with Crippen molar-refractivity contribution in [1.29, 1.82) is 0 Å². The van der Waals surface area contributed by atoms with Gasteiger partial charge in [0.2, 0.25) is 5.91 Å². The van der Waals surface area contributed by atoms with E-state index in [0.29, 0.717) is 25.8 Å². The van der Waals surface area contributed by atoms with Crippen LogP contribution in [-0.4, -0.2) is 95.0 Å². The predicted molar refractivity (Wildman–Crippen MR) is 157 cm³/mol. The second-order valence-corrected chi connectivity index (χ2v) is 15.5. The number of hydrogen-bond acceptors (Lipinski definition) is 8. The van der Waals surface area contributed by atoms with Gasteiger partial charge in [-0.05, 0) is 75.8 Å². The van der Waals surface area contributed by atoms with Crippen molar-refractivity contribution in [2.45, 2.75) is 117 Å². The Bertz CT molecular complexity index is 1080. The molecule has 1 saturated heterocycles. The van der Waals surface area contributed by atoms with Crippen LogP contribution in [0.25, 0.3) is 0 Å². The fraction of sp³-hybridized carbons (Fsp3) is 0.909. The molecule has 0 aromatic rings. The molecule has 1 amide bonds. The number of likely N-dealkylation sites (tertiary alicyclic amines) is 1. The lowest BCUT2D eigenvalue weighted by Crippen LogP contribution is -2.72. The summed E-state index contributed by atoms with van der Waals surface area (Å²) in [7, 11) is 4.09. The largest absolute Gasteiger partial charge is 0.462 e. The molecule has 9 nitrogen and oxygen atoms in total. The molecule has 14 atom stereocenters. The van der Waals surface area contributed by atoms with Crippen LogP contribution in [0.2, 0.25) is 0 Å². The highest BCUT2D eigenvalue weighted by molar-refractivity contribution is 5.85. The summed E-state index contributed by atoms with van der Waals surface area (Å²) in [6.07, 6.45) is 1.05. The SMILES string of the molecule is CC(=O)O[C@@H]1C[C@]2(C)[C@@H]([C@H](C)N(C)C)[C@@H](O)C[C@H]2[C@@H]2CC[C@H]3[C@@H](O)[C@@H](N4C[C@H](C(C)C)C4=O)C[C@@H](OC(C)=O)[C@]3(C)[C@H]21. The molecule has 0 radical (unpaired) electrons. The second kappa shape index (κ2) is 11.0. The van der Waals surface area contributed by atoms with Crippen molar-refractivity contribution < 1.29 is 34.1 Å². The maximum atomic E-state index is 13.2. The zero-order valence-corrected chi connectivity index (χ0v) is 27.1. The Hall–Kier alpha value is -1.71. The summed E-state index contributed by atoms with van der Waals surface area (Å²) in [5.41, 5.74) is -0.899. The van der Waals surface area contributed by atoms with Gasteiger partial charge in [-0.25, -0.2) is 0 Å². The number of aliphatic hydroxyl groups excluding tert-OH is 2. The van der Waals surface area contributed by atoms with Crippen LogP contribution in [-0.2, 0) is 23.9 Å². The summed E-state index contributed by atoms with van der Waals surface area (Å²) in [5, 5.41) is 23.5. The number of carbonyl (C=O) groups excluding carboxylic acids is 3. The number of nitrogens with zero attached hydrogens (tertiary/aromatic N) is 2. The van der Waals surface area contributed by atoms with E-state index in [1.165, 1.54) is 13.8 Å². The topological polar surface area (TPSA) is 117 Å². The van der Waals surface area contributed by atoms with Crippen LogP contribution < -0.4 is 0 Å². The fourth-order valence-corrected chi connectivity index (χ4v) is 10.9. The number of aliphatic hydroxyl groups is 2. The molecule has 9 heteroatoms. The van der Waals surface area contributed by atoms with Crippen molar-refractivity contribution in [3.63, 3.8) is 0 Å². The Balaban J connectivity index is 1.54. The van der Waals surface area contributed by atoms with Crippen molar-refractivity contribution >= 4 is 17.8 Å². The van der Waals surface area contributed by atoms with Crippen molar-refractivity contribution in [2.75, 3.05) is 20.6 Å². The first-order valence-corrected chi connectivity index (χ1v) is 16.2. The smallest absolute Gasteiger partial charge is 0.302 e. The van der Waals surface area contributed by atoms with Crippen LogP contribution >= 0.6 is 0 Å². The highest BCUT2D eigenvalue weighted by Gasteiger charge is 2.70. The minimum absolute atomic E-state index is 0.0268. The number of β-lactam (4-membered cyclic amide) rings is 1. The van der Waals surface area contributed by atoms with Crippen LogP contribution in [0.1, 0.15) is 80.6 Å². The number of amides is 1. The van der Waals surface area contributed by atoms with E-state index < -0.39 is 35.9 Å². The summed E-state index contributed by atoms with van der Waals surface area (Å²) in [5.74, 6) is -0.441. The van der Waals surface area contributed by atoms with Gasteiger partial charge in [0.1, 0.15) is 12.2 Å². The molecule has 5 aliphatic rings. The van der Waals surface area contributed by atoms with Gasteiger partial charge in [-0.3, -0.25) is 14.4 Å². The maximum absolute atomic E-state index is 13.2. The third kappa shape index (κ3) is 4.71. The van der Waals surface area contributed by atoms with Crippen LogP contribution in [0.4, 0.5) is 0 Å². The fourth-order valence-electron chi connectivity index (χ4n) is 10.9. The zero-order chi connectivity index (χ0) is 31.0. The van der Waals surface area contributed by atoms with Gasteiger partial charge in [-0.1, -0.05) is 27.7 Å². The van der Waals surface area contributed by atoms with Gasteiger partial charge in [0, 0.05) is 50.1 Å². The van der Waals surface area contributed by atoms with Crippen molar-refractivity contribution in [2.24, 2.45) is 52.3 Å². The van der Waals surface area contributed by atoms with E-state index in [0.717, 1.165) is 12.8 Å². The lowest BCUT2D eigenvalue weighted by molar-refractivity contribution is -0.250.